The molecule has 2 aromatic carbocycles. The van der Waals surface area contributed by atoms with E-state index in [0.29, 0.717) is 28.1 Å². The predicted molar refractivity (Wildman–Crippen MR) is 119 cm³/mol. The molecule has 0 radical (unpaired) electrons. The number of amides is 2. The molecule has 1 aliphatic heterocycles. The Hall–Kier alpha value is -2.30. The molecule has 1 aliphatic rings. The molecule has 0 saturated heterocycles. The average Bonchev–Trinajstić information content (AvgIpc) is 2.87. The number of anilines is 1. The van der Waals surface area contributed by atoms with Crippen molar-refractivity contribution in [2.24, 2.45) is 5.92 Å². The number of nitrogens with zero attached hydrogens (tertiary/aromatic N) is 1. The number of hydrogen-bond acceptors (Lipinski definition) is 3. The van der Waals surface area contributed by atoms with Crippen molar-refractivity contribution in [2.75, 3.05) is 11.9 Å². The summed E-state index contributed by atoms with van der Waals surface area (Å²) in [6.07, 6.45) is 0. The van der Waals surface area contributed by atoms with Gasteiger partial charge in [0.2, 0.25) is 0 Å². The molecule has 0 spiro atoms. The SMILES string of the molecule is CC(C)CN1C(=O)C(Nc2ccc(C(C)C)cc2)=C(c2ccc(Cl)cc2Cl)C1=O. The van der Waals surface area contributed by atoms with Crippen LogP contribution >= 0.6 is 23.2 Å². The van der Waals surface area contributed by atoms with E-state index in [1.807, 2.05) is 38.1 Å². The summed E-state index contributed by atoms with van der Waals surface area (Å²) < 4.78 is 0. The molecule has 0 saturated carbocycles. The van der Waals surface area contributed by atoms with Crippen molar-refractivity contribution in [2.45, 2.75) is 33.6 Å². The first-order valence-corrected chi connectivity index (χ1v) is 10.4. The van der Waals surface area contributed by atoms with Gasteiger partial charge in [-0.15, -0.1) is 0 Å². The van der Waals surface area contributed by atoms with Gasteiger partial charge in [0.1, 0.15) is 5.70 Å². The topological polar surface area (TPSA) is 49.4 Å². The first kappa shape index (κ1) is 21.4. The standard InChI is InChI=1S/C23H24Cl2N2O2/c1-13(2)12-27-22(28)20(18-10-7-16(24)11-19(18)25)21(23(27)29)26-17-8-5-15(6-9-17)14(3)4/h5-11,13-14,26H,12H2,1-4H3. The van der Waals surface area contributed by atoms with Gasteiger partial charge >= 0.3 is 0 Å². The number of imide groups is 1. The fourth-order valence-electron chi connectivity index (χ4n) is 3.26. The van der Waals surface area contributed by atoms with Crippen molar-refractivity contribution in [1.82, 2.24) is 4.90 Å². The van der Waals surface area contributed by atoms with Crippen LogP contribution in [0.25, 0.3) is 5.57 Å². The zero-order chi connectivity index (χ0) is 21.3. The molecule has 0 unspecified atom stereocenters. The summed E-state index contributed by atoms with van der Waals surface area (Å²) in [6.45, 7) is 8.50. The van der Waals surface area contributed by atoms with E-state index >= 15 is 0 Å². The lowest BCUT2D eigenvalue weighted by Gasteiger charge is -2.17. The monoisotopic (exact) mass is 430 g/mol. The van der Waals surface area contributed by atoms with Gasteiger partial charge in [0.05, 0.1) is 10.6 Å². The number of nitrogens with one attached hydrogen (secondary N) is 1. The number of carbonyl (C=O) groups excluding carboxylic acids is 2. The van der Waals surface area contributed by atoms with Crippen LogP contribution < -0.4 is 5.32 Å². The quantitative estimate of drug-likeness (QED) is 0.574. The van der Waals surface area contributed by atoms with Crippen LogP contribution in [0, 0.1) is 5.92 Å². The Bertz CT molecular complexity index is 979. The van der Waals surface area contributed by atoms with Crippen LogP contribution in [0.5, 0.6) is 0 Å². The van der Waals surface area contributed by atoms with Gasteiger partial charge < -0.3 is 5.32 Å². The lowest BCUT2D eigenvalue weighted by atomic mass is 10.0. The van der Waals surface area contributed by atoms with Gasteiger partial charge in [0.25, 0.3) is 11.8 Å². The predicted octanol–water partition coefficient (Wildman–Crippen LogP) is 5.96. The fourth-order valence-corrected chi connectivity index (χ4v) is 3.76. The third-order valence-electron chi connectivity index (χ3n) is 4.76. The van der Waals surface area contributed by atoms with Crippen molar-refractivity contribution in [3.05, 3.63) is 69.3 Å². The van der Waals surface area contributed by atoms with Gasteiger partial charge in [-0.2, -0.15) is 0 Å². The Labute approximate surface area is 181 Å². The second-order valence-electron chi connectivity index (χ2n) is 7.89. The molecule has 0 aromatic heterocycles. The Kier molecular flexibility index (Phi) is 6.35. The summed E-state index contributed by atoms with van der Waals surface area (Å²) in [5.41, 5.74) is 2.92. The maximum Gasteiger partial charge on any atom is 0.278 e. The molecule has 29 heavy (non-hydrogen) atoms. The molecule has 152 valence electrons. The zero-order valence-electron chi connectivity index (χ0n) is 16.9. The minimum Gasteiger partial charge on any atom is -0.350 e. The van der Waals surface area contributed by atoms with Crippen LogP contribution in [0.15, 0.2) is 48.2 Å². The molecular weight excluding hydrogens is 407 g/mol. The highest BCUT2D eigenvalue weighted by Gasteiger charge is 2.40. The second-order valence-corrected chi connectivity index (χ2v) is 8.73. The first-order chi connectivity index (χ1) is 13.7. The van der Waals surface area contributed by atoms with Crippen LogP contribution in [-0.4, -0.2) is 23.3 Å². The number of benzene rings is 2. The molecule has 2 aromatic rings. The highest BCUT2D eigenvalue weighted by atomic mass is 35.5. The van der Waals surface area contributed by atoms with Crippen molar-refractivity contribution in [1.29, 1.82) is 0 Å². The molecular formula is C23H24Cl2N2O2. The van der Waals surface area contributed by atoms with E-state index in [0.717, 1.165) is 5.69 Å². The lowest BCUT2D eigenvalue weighted by molar-refractivity contribution is -0.137. The van der Waals surface area contributed by atoms with Crippen LogP contribution in [0.1, 0.15) is 44.7 Å². The van der Waals surface area contributed by atoms with E-state index in [9.17, 15) is 9.59 Å². The normalized spacial score (nSPS) is 14.6. The number of carbonyl (C=O) groups is 2. The number of hydrogen-bond donors (Lipinski definition) is 1. The van der Waals surface area contributed by atoms with Gasteiger partial charge in [-0.25, -0.2) is 0 Å². The van der Waals surface area contributed by atoms with Crippen LogP contribution in [0.4, 0.5) is 5.69 Å². The van der Waals surface area contributed by atoms with Gasteiger partial charge in [0, 0.05) is 22.8 Å². The molecule has 0 fully saturated rings. The lowest BCUT2D eigenvalue weighted by Crippen LogP contribution is -2.35. The van der Waals surface area contributed by atoms with Crippen LogP contribution in [-0.2, 0) is 9.59 Å². The number of halogens is 2. The highest BCUT2D eigenvalue weighted by molar-refractivity contribution is 6.41. The summed E-state index contributed by atoms with van der Waals surface area (Å²) >= 11 is 12.4. The molecule has 2 amide bonds. The zero-order valence-corrected chi connectivity index (χ0v) is 18.4. The average molecular weight is 431 g/mol. The molecule has 4 nitrogen and oxygen atoms in total. The van der Waals surface area contributed by atoms with Crippen LogP contribution in [0.3, 0.4) is 0 Å². The largest absolute Gasteiger partial charge is 0.350 e. The molecule has 0 aliphatic carbocycles. The summed E-state index contributed by atoms with van der Waals surface area (Å²) in [7, 11) is 0. The summed E-state index contributed by atoms with van der Waals surface area (Å²) in [4.78, 5) is 27.5. The molecule has 3 rings (SSSR count). The molecule has 0 bridgehead atoms. The molecule has 0 atom stereocenters. The molecule has 1 heterocycles. The van der Waals surface area contributed by atoms with Gasteiger partial charge in [-0.05, 0) is 41.7 Å². The van der Waals surface area contributed by atoms with Crippen LogP contribution in [0.2, 0.25) is 10.0 Å². The van der Waals surface area contributed by atoms with Crippen molar-refractivity contribution in [3.63, 3.8) is 0 Å². The van der Waals surface area contributed by atoms with E-state index in [1.54, 1.807) is 18.2 Å². The Balaban J connectivity index is 2.06. The minimum absolute atomic E-state index is 0.148. The summed E-state index contributed by atoms with van der Waals surface area (Å²) in [5.74, 6) is -0.149. The Morgan fingerprint density at radius 3 is 2.14 bits per heavy atom. The third-order valence-corrected chi connectivity index (χ3v) is 5.31. The van der Waals surface area contributed by atoms with Crippen molar-refractivity contribution >= 4 is 46.3 Å². The fraction of sp³-hybridized carbons (Fsp3) is 0.304. The third kappa shape index (κ3) is 4.49. The maximum absolute atomic E-state index is 13.1. The molecule has 1 N–H and O–H groups in total. The number of rotatable bonds is 6. The van der Waals surface area contributed by atoms with Crippen molar-refractivity contribution in [3.8, 4) is 0 Å². The summed E-state index contributed by atoms with van der Waals surface area (Å²) in [6, 6.07) is 12.7. The van der Waals surface area contributed by atoms with Gasteiger partial charge in [-0.1, -0.05) is 69.1 Å². The Morgan fingerprint density at radius 1 is 0.931 bits per heavy atom. The van der Waals surface area contributed by atoms with E-state index in [2.05, 4.69) is 19.2 Å². The molecule has 6 heteroatoms. The van der Waals surface area contributed by atoms with Gasteiger partial charge in [-0.3, -0.25) is 14.5 Å². The smallest absolute Gasteiger partial charge is 0.278 e. The highest BCUT2D eigenvalue weighted by Crippen LogP contribution is 2.35. The minimum atomic E-state index is -0.353. The second kappa shape index (κ2) is 8.60. The summed E-state index contributed by atoms with van der Waals surface area (Å²) in [5, 5.41) is 3.95. The van der Waals surface area contributed by atoms with E-state index in [4.69, 9.17) is 23.2 Å². The van der Waals surface area contributed by atoms with E-state index in [1.165, 1.54) is 10.5 Å². The van der Waals surface area contributed by atoms with Gasteiger partial charge in [0.15, 0.2) is 0 Å². The maximum atomic E-state index is 13.1. The van der Waals surface area contributed by atoms with Crippen molar-refractivity contribution < 1.29 is 9.59 Å². The first-order valence-electron chi connectivity index (χ1n) is 9.62. The Morgan fingerprint density at radius 2 is 1.59 bits per heavy atom. The van der Waals surface area contributed by atoms with E-state index in [-0.39, 0.29) is 29.0 Å². The van der Waals surface area contributed by atoms with E-state index < -0.39 is 0 Å².